The van der Waals surface area contributed by atoms with Crippen molar-refractivity contribution in [3.8, 4) is 11.8 Å². The van der Waals surface area contributed by atoms with Gasteiger partial charge in [-0.05, 0) is 25.0 Å². The van der Waals surface area contributed by atoms with Crippen molar-refractivity contribution in [1.29, 1.82) is 0 Å². The minimum atomic E-state index is -0.151. The van der Waals surface area contributed by atoms with Gasteiger partial charge >= 0.3 is 0 Å². The molecule has 1 spiro atoms. The Morgan fingerprint density at radius 2 is 2.23 bits per heavy atom. The van der Waals surface area contributed by atoms with Crippen molar-refractivity contribution in [2.45, 2.75) is 25.0 Å². The van der Waals surface area contributed by atoms with E-state index in [2.05, 4.69) is 15.6 Å². The molecule has 4 aliphatic rings. The summed E-state index contributed by atoms with van der Waals surface area (Å²) in [6.07, 6.45) is 2.32. The van der Waals surface area contributed by atoms with E-state index < -0.39 is 0 Å². The Kier molecular flexibility index (Phi) is 2.32. The number of methoxy groups -OCH3 is 1. The van der Waals surface area contributed by atoms with E-state index in [-0.39, 0.29) is 5.60 Å². The lowest BCUT2D eigenvalue weighted by atomic mass is 9.71. The number of fused-ring (bicyclic) bond motifs is 5. The Hall–Kier alpha value is -1.69. The highest BCUT2D eigenvalue weighted by Crippen LogP contribution is 2.47. The molecule has 113 valence electrons. The van der Waals surface area contributed by atoms with Crippen LogP contribution in [0, 0.1) is 5.92 Å². The first-order valence-electron chi connectivity index (χ1n) is 7.99. The molecule has 2 aromatic rings. The minimum absolute atomic E-state index is 0.151. The van der Waals surface area contributed by atoms with Crippen molar-refractivity contribution in [2.75, 3.05) is 26.7 Å². The Labute approximate surface area is 130 Å². The zero-order valence-corrected chi connectivity index (χ0v) is 12.8. The zero-order chi connectivity index (χ0) is 14.9. The minimum Gasteiger partial charge on any atom is -0.585 e. The molecule has 1 aromatic carbocycles. The number of rotatable bonds is 1. The highest BCUT2D eigenvalue weighted by molar-refractivity contribution is 5.97. The van der Waals surface area contributed by atoms with Crippen LogP contribution in [0.3, 0.4) is 0 Å². The predicted octanol–water partition coefficient (Wildman–Crippen LogP) is 1.50. The van der Waals surface area contributed by atoms with Crippen LogP contribution in [0.5, 0.6) is 11.8 Å². The lowest BCUT2D eigenvalue weighted by Gasteiger charge is -2.64. The van der Waals surface area contributed by atoms with Gasteiger partial charge in [0.25, 0.3) is 6.01 Å². The molecule has 2 bridgehead atoms. The van der Waals surface area contributed by atoms with Gasteiger partial charge in [0.15, 0.2) is 5.60 Å². The third kappa shape index (κ3) is 1.56. The fraction of sp³-hybridized carbons (Fsp3) is 0.562. The molecule has 6 heteroatoms. The maximum atomic E-state index is 6.52. The van der Waals surface area contributed by atoms with Gasteiger partial charge in [0, 0.05) is 25.1 Å². The first-order chi connectivity index (χ1) is 10.6. The van der Waals surface area contributed by atoms with Gasteiger partial charge in [-0.3, -0.25) is 4.57 Å². The summed E-state index contributed by atoms with van der Waals surface area (Å²) in [6, 6.07) is 6.75. The maximum absolute atomic E-state index is 6.52. The van der Waals surface area contributed by atoms with E-state index in [4.69, 9.17) is 17.5 Å². The summed E-state index contributed by atoms with van der Waals surface area (Å²) in [7, 11) is 8.19. The lowest BCUT2D eigenvalue weighted by Crippen LogP contribution is -2.69. The van der Waals surface area contributed by atoms with Gasteiger partial charge in [-0.1, -0.05) is 0 Å². The summed E-state index contributed by atoms with van der Waals surface area (Å²) in [5.74, 6) is 1.43. The topological polar surface area (TPSA) is 36.3 Å². The number of hydrogen-bond donors (Lipinski definition) is 0. The molecule has 0 N–H and O–H groups in total. The monoisotopic (exact) mass is 296 g/mol. The summed E-state index contributed by atoms with van der Waals surface area (Å²) in [5.41, 5.74) is 1.90. The van der Waals surface area contributed by atoms with Crippen LogP contribution in [-0.4, -0.2) is 54.3 Å². The van der Waals surface area contributed by atoms with Crippen LogP contribution in [0.2, 0.25) is 0 Å². The molecule has 3 radical (unpaired) electrons. The largest absolute Gasteiger partial charge is 0.585 e. The van der Waals surface area contributed by atoms with Gasteiger partial charge in [0.05, 0.1) is 31.2 Å². The van der Waals surface area contributed by atoms with E-state index in [1.165, 1.54) is 0 Å². The van der Waals surface area contributed by atoms with E-state index >= 15 is 0 Å². The van der Waals surface area contributed by atoms with Crippen LogP contribution >= 0.6 is 0 Å². The van der Waals surface area contributed by atoms with Gasteiger partial charge in [-0.25, -0.2) is 7.98 Å². The number of ether oxygens (including phenoxy) is 2. The molecule has 1 atom stereocenters. The second-order valence-corrected chi connectivity index (χ2v) is 7.10. The van der Waals surface area contributed by atoms with E-state index in [1.807, 2.05) is 12.1 Å². The summed E-state index contributed by atoms with van der Waals surface area (Å²) in [6.45, 7) is 3.93. The fourth-order valence-corrected chi connectivity index (χ4v) is 4.65. The molecule has 0 aliphatic carbocycles. The Morgan fingerprint density at radius 3 is 2.95 bits per heavy atom. The van der Waals surface area contributed by atoms with E-state index in [9.17, 15) is 0 Å². The first-order valence-corrected chi connectivity index (χ1v) is 7.99. The predicted molar refractivity (Wildman–Crippen MR) is 83.0 cm³/mol. The fourth-order valence-electron chi connectivity index (χ4n) is 4.65. The second-order valence-electron chi connectivity index (χ2n) is 7.10. The highest BCUT2D eigenvalue weighted by atomic mass is 16.5. The third-order valence-corrected chi connectivity index (χ3v) is 5.81. The van der Waals surface area contributed by atoms with Gasteiger partial charge < -0.3 is 13.9 Å². The molecule has 3 fully saturated rings. The van der Waals surface area contributed by atoms with Crippen LogP contribution in [0.15, 0.2) is 18.2 Å². The Morgan fingerprint density at radius 1 is 1.41 bits per heavy atom. The van der Waals surface area contributed by atoms with Gasteiger partial charge in [0.1, 0.15) is 5.75 Å². The summed E-state index contributed by atoms with van der Waals surface area (Å²) >= 11 is 0. The number of imidazole rings is 1. The number of piperidine rings is 3. The van der Waals surface area contributed by atoms with Crippen molar-refractivity contribution >= 4 is 19.0 Å². The van der Waals surface area contributed by atoms with Crippen LogP contribution in [0.1, 0.15) is 12.8 Å². The number of quaternary nitrogens is 1. The second kappa shape index (κ2) is 3.99. The molecule has 0 amide bonds. The third-order valence-electron chi connectivity index (χ3n) is 5.81. The molecule has 3 saturated heterocycles. The van der Waals surface area contributed by atoms with Crippen LogP contribution < -0.4 is 9.47 Å². The molecular formula is C16H19BN3O2. The standard InChI is InChI=1S/C16H19BN3O2/c1-21-12-2-3-14-13(8-12)18-15-19(14)9-16(22-15)10-20(17)6-4-11(16)5-7-20/h2-3,8,11H,4-7,9-10H2,1H3. The van der Waals surface area contributed by atoms with Crippen molar-refractivity contribution < 1.29 is 13.9 Å². The quantitative estimate of drug-likeness (QED) is 0.748. The Balaban J connectivity index is 1.56. The summed E-state index contributed by atoms with van der Waals surface area (Å²) < 4.78 is 14.6. The van der Waals surface area contributed by atoms with Crippen LogP contribution in [0.25, 0.3) is 11.0 Å². The molecule has 1 aromatic heterocycles. The smallest absolute Gasteiger partial charge is 0.298 e. The van der Waals surface area contributed by atoms with Gasteiger partial charge in [-0.15, -0.1) is 0 Å². The van der Waals surface area contributed by atoms with Crippen molar-refractivity contribution in [3.63, 3.8) is 0 Å². The van der Waals surface area contributed by atoms with Crippen molar-refractivity contribution in [2.24, 2.45) is 5.92 Å². The number of hydrogen-bond acceptors (Lipinski definition) is 3. The molecule has 5 heterocycles. The number of benzene rings is 1. The zero-order valence-electron chi connectivity index (χ0n) is 12.8. The first kappa shape index (κ1) is 12.8. The SMILES string of the molecule is [B-][N+]12CCC(CC1)C1(Cn3c(nc4cc(OC)ccc43)O1)C2. The van der Waals surface area contributed by atoms with E-state index in [0.717, 1.165) is 61.8 Å². The van der Waals surface area contributed by atoms with Crippen LogP contribution in [-0.2, 0) is 6.54 Å². The van der Waals surface area contributed by atoms with Crippen LogP contribution in [0.4, 0.5) is 0 Å². The molecule has 4 aliphatic heterocycles. The molecule has 22 heavy (non-hydrogen) atoms. The number of nitrogens with zero attached hydrogens (tertiary/aromatic N) is 3. The van der Waals surface area contributed by atoms with E-state index in [1.54, 1.807) is 7.11 Å². The average Bonchev–Trinajstić information content (AvgIpc) is 3.00. The summed E-state index contributed by atoms with van der Waals surface area (Å²) in [4.78, 5) is 4.67. The number of aromatic nitrogens is 2. The maximum Gasteiger partial charge on any atom is 0.298 e. The van der Waals surface area contributed by atoms with Crippen molar-refractivity contribution in [1.82, 2.24) is 9.55 Å². The summed E-state index contributed by atoms with van der Waals surface area (Å²) in [5, 5.41) is 0. The van der Waals surface area contributed by atoms with E-state index in [0.29, 0.717) is 10.3 Å². The molecule has 1 unspecified atom stereocenters. The highest BCUT2D eigenvalue weighted by Gasteiger charge is 2.55. The normalized spacial score (nSPS) is 35.8. The Bertz CT molecular complexity index is 766. The molecule has 6 rings (SSSR count). The average molecular weight is 296 g/mol. The van der Waals surface area contributed by atoms with Crippen molar-refractivity contribution in [3.05, 3.63) is 18.2 Å². The molecule has 0 saturated carbocycles. The molecule has 5 nitrogen and oxygen atoms in total. The lowest BCUT2D eigenvalue weighted by molar-refractivity contribution is -0.845. The van der Waals surface area contributed by atoms with Gasteiger partial charge in [0.2, 0.25) is 0 Å². The molecular weight excluding hydrogens is 277 g/mol. The van der Waals surface area contributed by atoms with Gasteiger partial charge in [-0.2, -0.15) is 4.98 Å².